The van der Waals surface area contributed by atoms with E-state index in [9.17, 15) is 0 Å². The molecule has 5 heteroatoms. The molecular weight excluding hydrogens is 248 g/mol. The molecule has 1 aliphatic rings. The third-order valence-electron chi connectivity index (χ3n) is 3.28. The van der Waals surface area contributed by atoms with Gasteiger partial charge in [-0.05, 0) is 49.5 Å². The van der Waals surface area contributed by atoms with E-state index in [0.717, 1.165) is 18.9 Å². The number of likely N-dealkylation sites (tertiary alicyclic amines) is 1. The summed E-state index contributed by atoms with van der Waals surface area (Å²) in [5, 5.41) is 3.61. The summed E-state index contributed by atoms with van der Waals surface area (Å²) in [4.78, 5) is 10.5. The van der Waals surface area contributed by atoms with Crippen LogP contribution in [0, 0.1) is 5.92 Å². The molecule has 0 radical (unpaired) electrons. The lowest BCUT2D eigenvalue weighted by molar-refractivity contribution is 0.204. The van der Waals surface area contributed by atoms with Crippen LogP contribution in [0.4, 0.5) is 5.82 Å². The molecule has 1 fully saturated rings. The monoisotopic (exact) mass is 268 g/mol. The molecule has 0 spiro atoms. The Kier molecular flexibility index (Phi) is 5.20. The smallest absolute Gasteiger partial charge is 0.224 e. The summed E-state index contributed by atoms with van der Waals surface area (Å²) in [5.41, 5.74) is 0. The van der Waals surface area contributed by atoms with Gasteiger partial charge in [0.2, 0.25) is 5.28 Å². The van der Waals surface area contributed by atoms with Gasteiger partial charge in [0.25, 0.3) is 0 Å². The van der Waals surface area contributed by atoms with Gasteiger partial charge >= 0.3 is 0 Å². The molecule has 0 aromatic carbocycles. The van der Waals surface area contributed by atoms with Crippen LogP contribution < -0.4 is 5.32 Å². The van der Waals surface area contributed by atoms with E-state index in [0.29, 0.717) is 11.2 Å². The van der Waals surface area contributed by atoms with E-state index < -0.39 is 0 Å². The van der Waals surface area contributed by atoms with E-state index >= 15 is 0 Å². The van der Waals surface area contributed by atoms with Gasteiger partial charge in [0.15, 0.2) is 0 Å². The third-order valence-corrected chi connectivity index (χ3v) is 3.46. The fourth-order valence-corrected chi connectivity index (χ4v) is 2.51. The lowest BCUT2D eigenvalue weighted by atomic mass is 10.1. The number of hydrogen-bond donors (Lipinski definition) is 1. The fourth-order valence-electron chi connectivity index (χ4n) is 2.36. The molecule has 1 unspecified atom stereocenters. The Balaban J connectivity index is 1.72. The zero-order valence-electron chi connectivity index (χ0n) is 10.9. The third kappa shape index (κ3) is 4.42. The van der Waals surface area contributed by atoms with Crippen LogP contribution in [0.2, 0.25) is 5.28 Å². The zero-order valence-corrected chi connectivity index (χ0v) is 11.7. The molecule has 0 amide bonds. The largest absolute Gasteiger partial charge is 0.370 e. The summed E-state index contributed by atoms with van der Waals surface area (Å²) in [7, 11) is 0. The van der Waals surface area contributed by atoms with Gasteiger partial charge in [-0.25, -0.2) is 9.97 Å². The van der Waals surface area contributed by atoms with E-state index in [-0.39, 0.29) is 0 Å². The Morgan fingerprint density at radius 2 is 2.17 bits per heavy atom. The number of anilines is 1. The van der Waals surface area contributed by atoms with Crippen LogP contribution in [0.1, 0.15) is 26.2 Å². The Morgan fingerprint density at radius 3 is 2.89 bits per heavy atom. The maximum atomic E-state index is 5.75. The summed E-state index contributed by atoms with van der Waals surface area (Å²) in [5.74, 6) is 1.41. The fraction of sp³-hybridized carbons (Fsp3) is 0.692. The van der Waals surface area contributed by atoms with Crippen molar-refractivity contribution in [2.75, 3.05) is 31.5 Å². The number of rotatable bonds is 5. The van der Waals surface area contributed by atoms with Crippen LogP contribution in [0.5, 0.6) is 0 Å². The second-order valence-corrected chi connectivity index (χ2v) is 5.40. The molecule has 1 aliphatic heterocycles. The molecule has 1 saturated heterocycles. The summed E-state index contributed by atoms with van der Waals surface area (Å²) in [6.45, 7) is 6.85. The molecule has 100 valence electrons. The first-order valence-electron chi connectivity index (χ1n) is 6.69. The number of nitrogens with one attached hydrogen (secondary N) is 1. The number of nitrogens with zero attached hydrogens (tertiary/aromatic N) is 3. The predicted molar refractivity (Wildman–Crippen MR) is 75.0 cm³/mol. The minimum absolute atomic E-state index is 0.295. The van der Waals surface area contributed by atoms with E-state index in [2.05, 4.69) is 27.1 Å². The lowest BCUT2D eigenvalue weighted by Gasteiger charge is -2.29. The second-order valence-electron chi connectivity index (χ2n) is 5.06. The van der Waals surface area contributed by atoms with Gasteiger partial charge in [-0.2, -0.15) is 0 Å². The Bertz CT molecular complexity index is 366. The van der Waals surface area contributed by atoms with Crippen LogP contribution in [-0.2, 0) is 0 Å². The maximum absolute atomic E-state index is 5.75. The lowest BCUT2D eigenvalue weighted by Crippen LogP contribution is -2.35. The van der Waals surface area contributed by atoms with E-state index in [1.807, 2.05) is 6.07 Å². The van der Waals surface area contributed by atoms with Crippen LogP contribution in [0.25, 0.3) is 0 Å². The highest BCUT2D eigenvalue weighted by atomic mass is 35.5. The van der Waals surface area contributed by atoms with E-state index in [1.165, 1.54) is 32.4 Å². The van der Waals surface area contributed by atoms with Gasteiger partial charge in [0.1, 0.15) is 5.82 Å². The topological polar surface area (TPSA) is 41.1 Å². The van der Waals surface area contributed by atoms with Gasteiger partial charge in [0.05, 0.1) is 0 Å². The van der Waals surface area contributed by atoms with Gasteiger partial charge in [-0.1, -0.05) is 13.3 Å². The highest BCUT2D eigenvalue weighted by molar-refractivity contribution is 6.28. The minimum Gasteiger partial charge on any atom is -0.370 e. The van der Waals surface area contributed by atoms with Crippen molar-refractivity contribution in [1.29, 1.82) is 0 Å². The number of aromatic nitrogens is 2. The quantitative estimate of drug-likeness (QED) is 0.834. The summed E-state index contributed by atoms with van der Waals surface area (Å²) in [6.07, 6.45) is 5.76. The molecule has 0 bridgehead atoms. The van der Waals surface area contributed by atoms with Crippen molar-refractivity contribution in [1.82, 2.24) is 14.9 Å². The number of hydrogen-bond acceptors (Lipinski definition) is 4. The van der Waals surface area contributed by atoms with Crippen molar-refractivity contribution >= 4 is 17.4 Å². The first-order valence-corrected chi connectivity index (χ1v) is 7.06. The van der Waals surface area contributed by atoms with Gasteiger partial charge in [-0.15, -0.1) is 0 Å². The molecule has 0 saturated carbocycles. The zero-order chi connectivity index (χ0) is 12.8. The van der Waals surface area contributed by atoms with Gasteiger partial charge < -0.3 is 10.2 Å². The average Bonchev–Trinajstić information content (AvgIpc) is 2.38. The van der Waals surface area contributed by atoms with Crippen LogP contribution in [-0.4, -0.2) is 41.0 Å². The first-order chi connectivity index (χ1) is 8.74. The number of halogens is 1. The summed E-state index contributed by atoms with van der Waals surface area (Å²) < 4.78 is 0. The van der Waals surface area contributed by atoms with Crippen molar-refractivity contribution < 1.29 is 0 Å². The van der Waals surface area contributed by atoms with Crippen molar-refractivity contribution in [2.24, 2.45) is 5.92 Å². The second kappa shape index (κ2) is 6.90. The van der Waals surface area contributed by atoms with Crippen molar-refractivity contribution in [2.45, 2.75) is 26.2 Å². The molecule has 1 N–H and O–H groups in total. The average molecular weight is 269 g/mol. The van der Waals surface area contributed by atoms with Crippen molar-refractivity contribution in [3.8, 4) is 0 Å². The highest BCUT2D eigenvalue weighted by Gasteiger charge is 2.13. The maximum Gasteiger partial charge on any atom is 0.224 e. The highest BCUT2D eigenvalue weighted by Crippen LogP contribution is 2.12. The Labute approximate surface area is 114 Å². The molecule has 2 rings (SSSR count). The first kappa shape index (κ1) is 13.6. The molecule has 2 heterocycles. The normalized spacial score (nSPS) is 18.6. The van der Waals surface area contributed by atoms with E-state index in [1.54, 1.807) is 6.20 Å². The summed E-state index contributed by atoms with van der Waals surface area (Å²) >= 11 is 5.75. The molecule has 1 aromatic heterocycles. The Morgan fingerprint density at radius 1 is 1.39 bits per heavy atom. The molecule has 18 heavy (non-hydrogen) atoms. The van der Waals surface area contributed by atoms with Gasteiger partial charge in [-0.3, -0.25) is 0 Å². The molecular formula is C13H21ClN4. The number of piperidine rings is 1. The SMILES string of the molecule is CC(CNc1ccnc(Cl)n1)CN1CCCCC1. The molecule has 1 atom stereocenters. The van der Waals surface area contributed by atoms with Crippen LogP contribution in [0.3, 0.4) is 0 Å². The van der Waals surface area contributed by atoms with Gasteiger partial charge in [0, 0.05) is 19.3 Å². The molecule has 1 aromatic rings. The van der Waals surface area contributed by atoms with Crippen molar-refractivity contribution in [3.63, 3.8) is 0 Å². The van der Waals surface area contributed by atoms with E-state index in [4.69, 9.17) is 11.6 Å². The molecule has 4 nitrogen and oxygen atoms in total. The van der Waals surface area contributed by atoms with Crippen LogP contribution in [0.15, 0.2) is 12.3 Å². The molecule has 0 aliphatic carbocycles. The van der Waals surface area contributed by atoms with Crippen LogP contribution >= 0.6 is 11.6 Å². The predicted octanol–water partition coefficient (Wildman–Crippen LogP) is 2.66. The summed E-state index contributed by atoms with van der Waals surface area (Å²) in [6, 6.07) is 1.85. The minimum atomic E-state index is 0.295. The standard InChI is InChI=1S/C13H21ClN4/c1-11(10-18-7-3-2-4-8-18)9-16-12-5-6-15-13(14)17-12/h5-6,11H,2-4,7-10H2,1H3,(H,15,16,17). The van der Waals surface area contributed by atoms with Crippen molar-refractivity contribution in [3.05, 3.63) is 17.5 Å². The Hall–Kier alpha value is -0.870.